The van der Waals surface area contributed by atoms with Gasteiger partial charge in [-0.2, -0.15) is 0 Å². The molecular formula is C18H24ClFN4O. The second-order valence-electron chi connectivity index (χ2n) is 5.83. The average molecular weight is 367 g/mol. The van der Waals surface area contributed by atoms with Crippen molar-refractivity contribution in [1.29, 1.82) is 0 Å². The summed E-state index contributed by atoms with van der Waals surface area (Å²) < 4.78 is 13.7. The van der Waals surface area contributed by atoms with E-state index in [2.05, 4.69) is 15.2 Å². The number of piperazine rings is 1. The van der Waals surface area contributed by atoms with Gasteiger partial charge in [0.2, 0.25) is 0 Å². The smallest absolute Gasteiger partial charge is 0.273 e. The minimum Gasteiger partial charge on any atom is -0.393 e. The van der Waals surface area contributed by atoms with Crippen LogP contribution in [0.5, 0.6) is 0 Å². The molecule has 0 atom stereocenters. The van der Waals surface area contributed by atoms with Crippen LogP contribution in [0.25, 0.3) is 0 Å². The molecule has 1 heterocycles. The summed E-state index contributed by atoms with van der Waals surface area (Å²) in [7, 11) is 3.28. The van der Waals surface area contributed by atoms with Crippen molar-refractivity contribution in [2.45, 2.75) is 6.42 Å². The second-order valence-corrected chi connectivity index (χ2v) is 6.24. The first-order valence-corrected chi connectivity index (χ1v) is 8.69. The van der Waals surface area contributed by atoms with Gasteiger partial charge in [-0.05, 0) is 18.1 Å². The Labute approximate surface area is 153 Å². The van der Waals surface area contributed by atoms with Crippen molar-refractivity contribution in [3.8, 4) is 0 Å². The van der Waals surface area contributed by atoms with Crippen molar-refractivity contribution in [3.05, 3.63) is 46.9 Å². The van der Waals surface area contributed by atoms with E-state index < -0.39 is 0 Å². The Kier molecular flexibility index (Phi) is 7.40. The van der Waals surface area contributed by atoms with Crippen LogP contribution in [0.4, 0.5) is 4.39 Å². The molecule has 0 bridgehead atoms. The average Bonchev–Trinajstić information content (AvgIpc) is 2.62. The summed E-state index contributed by atoms with van der Waals surface area (Å²) in [5.41, 5.74) is 0.987. The Morgan fingerprint density at radius 2 is 2.00 bits per heavy atom. The van der Waals surface area contributed by atoms with E-state index in [1.807, 2.05) is 12.1 Å². The number of halogens is 2. The molecule has 0 aromatic heterocycles. The number of hydrogen-bond donors (Lipinski definition) is 1. The van der Waals surface area contributed by atoms with Crippen molar-refractivity contribution < 1.29 is 9.18 Å². The summed E-state index contributed by atoms with van der Waals surface area (Å²) in [6, 6.07) is 6.85. The molecule has 0 saturated carbocycles. The van der Waals surface area contributed by atoms with Gasteiger partial charge >= 0.3 is 0 Å². The SMILES string of the molecule is C/N=C(C(=O)N1CCN(CCc2ccccc2F)CC1)\C(Cl)=C/NC. The number of amides is 1. The summed E-state index contributed by atoms with van der Waals surface area (Å²) in [6.07, 6.45) is 2.21. The third kappa shape index (κ3) is 5.28. The normalized spacial score (nSPS) is 16.9. The highest BCUT2D eigenvalue weighted by Crippen LogP contribution is 2.12. The molecule has 1 saturated heterocycles. The van der Waals surface area contributed by atoms with Crippen LogP contribution < -0.4 is 5.32 Å². The Balaban J connectivity index is 1.86. The topological polar surface area (TPSA) is 47.9 Å². The van der Waals surface area contributed by atoms with E-state index >= 15 is 0 Å². The number of carbonyl (C=O) groups is 1. The fourth-order valence-electron chi connectivity index (χ4n) is 2.80. The number of carbonyl (C=O) groups excluding carboxylic acids is 1. The first-order chi connectivity index (χ1) is 12.1. The highest BCUT2D eigenvalue weighted by molar-refractivity contribution is 6.59. The van der Waals surface area contributed by atoms with Crippen molar-refractivity contribution in [2.24, 2.45) is 4.99 Å². The van der Waals surface area contributed by atoms with E-state index in [0.29, 0.717) is 24.5 Å². The maximum atomic E-state index is 13.7. The zero-order valence-electron chi connectivity index (χ0n) is 14.6. The highest BCUT2D eigenvalue weighted by atomic mass is 35.5. The summed E-state index contributed by atoms with van der Waals surface area (Å²) >= 11 is 6.10. The van der Waals surface area contributed by atoms with Gasteiger partial charge in [0.1, 0.15) is 11.5 Å². The van der Waals surface area contributed by atoms with E-state index in [0.717, 1.165) is 25.2 Å². The molecule has 7 heteroatoms. The van der Waals surface area contributed by atoms with Crippen LogP contribution in [0.3, 0.4) is 0 Å². The molecule has 0 radical (unpaired) electrons. The van der Waals surface area contributed by atoms with Gasteiger partial charge in [-0.3, -0.25) is 14.7 Å². The molecule has 0 aliphatic carbocycles. The number of nitrogens with one attached hydrogen (secondary N) is 1. The third-order valence-corrected chi connectivity index (χ3v) is 4.53. The molecule has 1 N–H and O–H groups in total. The van der Waals surface area contributed by atoms with Crippen molar-refractivity contribution in [1.82, 2.24) is 15.1 Å². The fraction of sp³-hybridized carbons (Fsp3) is 0.444. The predicted octanol–water partition coefficient (Wildman–Crippen LogP) is 1.88. The lowest BCUT2D eigenvalue weighted by Gasteiger charge is -2.34. The first-order valence-electron chi connectivity index (χ1n) is 8.32. The molecule has 1 aromatic rings. The van der Waals surface area contributed by atoms with E-state index in [1.54, 1.807) is 31.3 Å². The Bertz CT molecular complexity index is 654. The minimum absolute atomic E-state index is 0.159. The predicted molar refractivity (Wildman–Crippen MR) is 99.5 cm³/mol. The lowest BCUT2D eigenvalue weighted by molar-refractivity contribution is -0.125. The standard InChI is InChI=1S/C18H24ClFN4O/c1-21-13-15(19)17(22-2)18(25)24-11-9-23(10-12-24)8-7-14-5-3-4-6-16(14)20/h3-6,13,21H,7-12H2,1-2H3/b15-13+,22-17+. The van der Waals surface area contributed by atoms with E-state index in [9.17, 15) is 9.18 Å². The number of rotatable bonds is 6. The van der Waals surface area contributed by atoms with Gasteiger partial charge in [-0.1, -0.05) is 29.8 Å². The molecule has 5 nitrogen and oxygen atoms in total. The van der Waals surface area contributed by atoms with Gasteiger partial charge in [0.05, 0.1) is 5.03 Å². The van der Waals surface area contributed by atoms with Gasteiger partial charge in [0.25, 0.3) is 5.91 Å². The molecule has 136 valence electrons. The maximum Gasteiger partial charge on any atom is 0.273 e. The van der Waals surface area contributed by atoms with Crippen LogP contribution in [0.15, 0.2) is 40.5 Å². The second kappa shape index (κ2) is 9.53. The highest BCUT2D eigenvalue weighted by Gasteiger charge is 2.25. The minimum atomic E-state index is -0.161. The summed E-state index contributed by atoms with van der Waals surface area (Å²) in [5, 5.41) is 3.10. The molecule has 0 spiro atoms. The van der Waals surface area contributed by atoms with Crippen LogP contribution in [-0.4, -0.2) is 68.2 Å². The lowest BCUT2D eigenvalue weighted by atomic mass is 10.1. The van der Waals surface area contributed by atoms with Gasteiger partial charge in [0.15, 0.2) is 0 Å². The number of nitrogens with zero attached hydrogens (tertiary/aromatic N) is 3. The number of benzene rings is 1. The monoisotopic (exact) mass is 366 g/mol. The van der Waals surface area contributed by atoms with Crippen molar-refractivity contribution in [2.75, 3.05) is 46.8 Å². The maximum absolute atomic E-state index is 13.7. The molecule has 1 aliphatic heterocycles. The van der Waals surface area contributed by atoms with Gasteiger partial charge in [-0.15, -0.1) is 0 Å². The summed E-state index contributed by atoms with van der Waals surface area (Å²) in [5.74, 6) is -0.321. The summed E-state index contributed by atoms with van der Waals surface area (Å²) in [4.78, 5) is 20.6. The van der Waals surface area contributed by atoms with Crippen molar-refractivity contribution in [3.63, 3.8) is 0 Å². The molecule has 1 aliphatic rings. The molecule has 1 fully saturated rings. The molecule has 25 heavy (non-hydrogen) atoms. The Morgan fingerprint density at radius 1 is 1.32 bits per heavy atom. The quantitative estimate of drug-likeness (QED) is 0.782. The molecular weight excluding hydrogens is 343 g/mol. The van der Waals surface area contributed by atoms with E-state index in [-0.39, 0.29) is 17.4 Å². The zero-order chi connectivity index (χ0) is 18.2. The van der Waals surface area contributed by atoms with Crippen LogP contribution in [-0.2, 0) is 11.2 Å². The Morgan fingerprint density at radius 3 is 2.60 bits per heavy atom. The van der Waals surface area contributed by atoms with Crippen LogP contribution in [0.2, 0.25) is 0 Å². The van der Waals surface area contributed by atoms with Gasteiger partial charge < -0.3 is 10.2 Å². The van der Waals surface area contributed by atoms with E-state index in [1.165, 1.54) is 6.07 Å². The molecule has 1 amide bonds. The third-order valence-electron chi connectivity index (χ3n) is 4.24. The largest absolute Gasteiger partial charge is 0.393 e. The van der Waals surface area contributed by atoms with Crippen LogP contribution >= 0.6 is 11.6 Å². The summed E-state index contributed by atoms with van der Waals surface area (Å²) in [6.45, 7) is 3.50. The van der Waals surface area contributed by atoms with Crippen LogP contribution in [0, 0.1) is 5.82 Å². The van der Waals surface area contributed by atoms with Gasteiger partial charge in [-0.25, -0.2) is 4.39 Å². The first kappa shape index (κ1) is 19.4. The zero-order valence-corrected chi connectivity index (χ0v) is 15.4. The molecule has 0 unspecified atom stereocenters. The molecule has 1 aromatic carbocycles. The van der Waals surface area contributed by atoms with E-state index in [4.69, 9.17) is 11.6 Å². The lowest BCUT2D eigenvalue weighted by Crippen LogP contribution is -2.51. The number of aliphatic imine (C=N–C) groups is 1. The van der Waals surface area contributed by atoms with Crippen molar-refractivity contribution >= 4 is 23.2 Å². The number of hydrogen-bond acceptors (Lipinski definition) is 4. The fourth-order valence-corrected chi connectivity index (χ4v) is 3.08. The molecule has 2 rings (SSSR count). The van der Waals surface area contributed by atoms with Gasteiger partial charge in [0, 0.05) is 53.0 Å². The van der Waals surface area contributed by atoms with Crippen LogP contribution in [0.1, 0.15) is 5.56 Å². The Hall–Kier alpha value is -1.92.